The van der Waals surface area contributed by atoms with Gasteiger partial charge in [-0.05, 0) is 48.2 Å². The van der Waals surface area contributed by atoms with Gasteiger partial charge in [0.1, 0.15) is 0 Å². The summed E-state index contributed by atoms with van der Waals surface area (Å²) >= 11 is 0. The number of carbonyl (C=O) groups is 1. The number of anilines is 1. The highest BCUT2D eigenvalue weighted by molar-refractivity contribution is 5.70. The molecule has 1 aromatic heterocycles. The topological polar surface area (TPSA) is 74.2 Å². The van der Waals surface area contributed by atoms with Gasteiger partial charge < -0.3 is 15.7 Å². The lowest BCUT2D eigenvalue weighted by Crippen LogP contribution is -2.37. The molecule has 4 rings (SSSR count). The van der Waals surface area contributed by atoms with E-state index in [2.05, 4.69) is 52.0 Å². The molecule has 1 aliphatic rings. The number of carboxylic acid groups (broad SMARTS) is 1. The molecule has 154 valence electrons. The van der Waals surface area contributed by atoms with Gasteiger partial charge in [0.25, 0.3) is 0 Å². The Morgan fingerprint density at radius 3 is 2.77 bits per heavy atom. The smallest absolute Gasteiger partial charge is 0.307 e. The zero-order valence-electron chi connectivity index (χ0n) is 16.9. The summed E-state index contributed by atoms with van der Waals surface area (Å²) in [5, 5.41) is 16.3. The average Bonchev–Trinajstić information content (AvgIpc) is 2.77. The summed E-state index contributed by atoms with van der Waals surface area (Å²) in [4.78, 5) is 15.5. The van der Waals surface area contributed by atoms with Gasteiger partial charge in [-0.15, -0.1) is 0 Å². The monoisotopic (exact) mass is 401 g/mol. The van der Waals surface area contributed by atoms with Gasteiger partial charge in [-0.3, -0.25) is 9.78 Å². The second-order valence-corrected chi connectivity index (χ2v) is 7.83. The molecule has 2 atom stereocenters. The highest BCUT2D eigenvalue weighted by Gasteiger charge is 2.27. The molecule has 0 amide bonds. The molecular weight excluding hydrogens is 374 g/mol. The molecule has 2 heterocycles. The molecule has 30 heavy (non-hydrogen) atoms. The van der Waals surface area contributed by atoms with Crippen LogP contribution >= 0.6 is 0 Å². The number of nitrogens with zero attached hydrogens (tertiary/aromatic N) is 1. The van der Waals surface area contributed by atoms with Crippen molar-refractivity contribution in [3.8, 4) is 0 Å². The van der Waals surface area contributed by atoms with E-state index in [9.17, 15) is 4.79 Å². The van der Waals surface area contributed by atoms with Gasteiger partial charge in [0, 0.05) is 24.7 Å². The van der Waals surface area contributed by atoms with Crippen molar-refractivity contribution in [3.63, 3.8) is 0 Å². The maximum Gasteiger partial charge on any atom is 0.307 e. The molecule has 1 aliphatic heterocycles. The quantitative estimate of drug-likeness (QED) is 0.534. The highest BCUT2D eigenvalue weighted by atomic mass is 16.4. The van der Waals surface area contributed by atoms with E-state index in [1.165, 1.54) is 5.56 Å². The van der Waals surface area contributed by atoms with Gasteiger partial charge in [-0.1, -0.05) is 54.6 Å². The second-order valence-electron chi connectivity index (χ2n) is 7.83. The SMILES string of the molecule is O=C(O)Cc1cccc(CCN[C@H](c2ccccc2)[C@@H]2CNc3cccnc3C2)c1. The molecule has 0 aliphatic carbocycles. The number of carboxylic acids is 1. The molecule has 5 heteroatoms. The highest BCUT2D eigenvalue weighted by Crippen LogP contribution is 2.31. The van der Waals surface area contributed by atoms with Gasteiger partial charge in [0.2, 0.25) is 0 Å². The third-order valence-electron chi connectivity index (χ3n) is 5.66. The van der Waals surface area contributed by atoms with Crippen molar-refractivity contribution in [1.29, 1.82) is 0 Å². The molecule has 0 bridgehead atoms. The number of nitrogens with one attached hydrogen (secondary N) is 2. The van der Waals surface area contributed by atoms with Crippen molar-refractivity contribution >= 4 is 11.7 Å². The minimum Gasteiger partial charge on any atom is -0.481 e. The average molecular weight is 402 g/mol. The van der Waals surface area contributed by atoms with Crippen LogP contribution in [0.2, 0.25) is 0 Å². The third kappa shape index (κ3) is 5.05. The van der Waals surface area contributed by atoms with Crippen LogP contribution in [-0.2, 0) is 24.1 Å². The summed E-state index contributed by atoms with van der Waals surface area (Å²) in [6.45, 7) is 1.72. The Balaban J connectivity index is 1.45. The molecule has 0 fully saturated rings. The Hall–Kier alpha value is -3.18. The largest absolute Gasteiger partial charge is 0.481 e. The number of aliphatic carboxylic acids is 1. The van der Waals surface area contributed by atoms with Crippen molar-refractivity contribution in [1.82, 2.24) is 10.3 Å². The number of rotatable bonds is 8. The van der Waals surface area contributed by atoms with Crippen LogP contribution in [0.1, 0.15) is 28.4 Å². The fourth-order valence-electron chi connectivity index (χ4n) is 4.22. The van der Waals surface area contributed by atoms with Crippen LogP contribution in [-0.4, -0.2) is 29.1 Å². The molecule has 0 unspecified atom stereocenters. The first kappa shape index (κ1) is 20.1. The fourth-order valence-corrected chi connectivity index (χ4v) is 4.22. The van der Waals surface area contributed by atoms with E-state index in [0.717, 1.165) is 48.4 Å². The molecular formula is C25H27N3O2. The summed E-state index contributed by atoms with van der Waals surface area (Å²) in [6.07, 6.45) is 3.71. The van der Waals surface area contributed by atoms with E-state index < -0.39 is 5.97 Å². The molecule has 2 aromatic carbocycles. The summed E-state index contributed by atoms with van der Waals surface area (Å²) in [6, 6.07) is 22.7. The molecule has 0 saturated heterocycles. The predicted molar refractivity (Wildman–Crippen MR) is 119 cm³/mol. The van der Waals surface area contributed by atoms with Gasteiger partial charge in [0.15, 0.2) is 0 Å². The summed E-state index contributed by atoms with van der Waals surface area (Å²) in [5.41, 5.74) is 5.54. The molecule has 0 saturated carbocycles. The van der Waals surface area contributed by atoms with Gasteiger partial charge >= 0.3 is 5.97 Å². The lowest BCUT2D eigenvalue weighted by Gasteiger charge is -2.33. The third-order valence-corrected chi connectivity index (χ3v) is 5.66. The van der Waals surface area contributed by atoms with Crippen LogP contribution < -0.4 is 10.6 Å². The number of fused-ring (bicyclic) bond motifs is 1. The first-order valence-electron chi connectivity index (χ1n) is 10.4. The van der Waals surface area contributed by atoms with Crippen LogP contribution in [0.5, 0.6) is 0 Å². The predicted octanol–water partition coefficient (Wildman–Crippen LogP) is 3.87. The molecule has 0 spiro atoms. The van der Waals surface area contributed by atoms with Crippen molar-refractivity contribution in [2.24, 2.45) is 5.92 Å². The summed E-state index contributed by atoms with van der Waals surface area (Å²) in [5.74, 6) is -0.402. The fraction of sp³-hybridized carbons (Fsp3) is 0.280. The number of hydrogen-bond acceptors (Lipinski definition) is 4. The Morgan fingerprint density at radius 1 is 1.10 bits per heavy atom. The minimum atomic E-state index is -0.798. The lowest BCUT2D eigenvalue weighted by atomic mass is 9.86. The Kier molecular flexibility index (Phi) is 6.40. The number of aromatic nitrogens is 1. The standard InChI is InChI=1S/C25H27N3O2/c29-24(30)15-19-7-4-6-18(14-19)11-13-27-25(20-8-2-1-3-9-20)21-16-23-22(28-17-21)10-5-12-26-23/h1-10,12,14,21,25,27-28H,11,13,15-17H2,(H,29,30)/t21-,25+/m0/s1. The Morgan fingerprint density at radius 2 is 1.93 bits per heavy atom. The van der Waals surface area contributed by atoms with Crippen molar-refractivity contribution in [2.45, 2.75) is 25.3 Å². The summed E-state index contributed by atoms with van der Waals surface area (Å²) in [7, 11) is 0. The molecule has 3 N–H and O–H groups in total. The van der Waals surface area contributed by atoms with E-state index in [1.807, 2.05) is 36.5 Å². The minimum absolute atomic E-state index is 0.0636. The van der Waals surface area contributed by atoms with Gasteiger partial charge in [-0.25, -0.2) is 0 Å². The zero-order valence-corrected chi connectivity index (χ0v) is 16.9. The lowest BCUT2D eigenvalue weighted by molar-refractivity contribution is -0.136. The Labute approximate surface area is 177 Å². The number of benzene rings is 2. The van der Waals surface area contributed by atoms with Crippen molar-refractivity contribution in [3.05, 3.63) is 95.3 Å². The van der Waals surface area contributed by atoms with E-state index in [1.54, 1.807) is 0 Å². The summed E-state index contributed by atoms with van der Waals surface area (Å²) < 4.78 is 0. The Bertz CT molecular complexity index is 990. The van der Waals surface area contributed by atoms with E-state index in [0.29, 0.717) is 5.92 Å². The van der Waals surface area contributed by atoms with E-state index >= 15 is 0 Å². The molecule has 3 aromatic rings. The molecule has 5 nitrogen and oxygen atoms in total. The second kappa shape index (κ2) is 9.55. The van der Waals surface area contributed by atoms with Crippen LogP contribution in [0.25, 0.3) is 0 Å². The van der Waals surface area contributed by atoms with E-state index in [4.69, 9.17) is 5.11 Å². The first-order chi connectivity index (χ1) is 14.7. The van der Waals surface area contributed by atoms with Crippen LogP contribution in [0.4, 0.5) is 5.69 Å². The number of hydrogen-bond donors (Lipinski definition) is 3. The van der Waals surface area contributed by atoms with Crippen LogP contribution in [0.15, 0.2) is 72.9 Å². The van der Waals surface area contributed by atoms with Crippen LogP contribution in [0, 0.1) is 5.92 Å². The normalized spacial score (nSPS) is 16.3. The number of pyridine rings is 1. The maximum absolute atomic E-state index is 11.0. The molecule has 0 radical (unpaired) electrons. The van der Waals surface area contributed by atoms with Gasteiger partial charge in [0.05, 0.1) is 17.8 Å². The maximum atomic E-state index is 11.0. The van der Waals surface area contributed by atoms with E-state index in [-0.39, 0.29) is 12.5 Å². The van der Waals surface area contributed by atoms with Crippen molar-refractivity contribution in [2.75, 3.05) is 18.4 Å². The first-order valence-corrected chi connectivity index (χ1v) is 10.4. The zero-order chi connectivity index (χ0) is 20.8. The van der Waals surface area contributed by atoms with Crippen molar-refractivity contribution < 1.29 is 9.90 Å². The van der Waals surface area contributed by atoms with Crippen LogP contribution in [0.3, 0.4) is 0 Å². The van der Waals surface area contributed by atoms with Gasteiger partial charge in [-0.2, -0.15) is 0 Å².